The van der Waals surface area contributed by atoms with E-state index >= 15 is 0 Å². The fourth-order valence-electron chi connectivity index (χ4n) is 1.40. The number of thiazole rings is 1. The number of carbonyl (C=O) groups is 3. The van der Waals surface area contributed by atoms with Crippen molar-refractivity contribution in [2.24, 2.45) is 0 Å². The topological polar surface area (TPSA) is 97.4 Å². The Bertz CT molecular complexity index is 525. The first-order chi connectivity index (χ1) is 9.35. The predicted octanol–water partition coefficient (Wildman–Crippen LogP) is 1.07. The number of nitrogens with zero attached hydrogens (tertiary/aromatic N) is 1. The van der Waals surface area contributed by atoms with E-state index in [1.165, 1.54) is 14.0 Å². The summed E-state index contributed by atoms with van der Waals surface area (Å²) in [6.45, 7) is 5.06. The molecule has 7 nitrogen and oxygen atoms in total. The van der Waals surface area contributed by atoms with Crippen molar-refractivity contribution in [1.29, 1.82) is 0 Å². The number of aromatic nitrogens is 1. The molecule has 0 saturated carbocycles. The molecule has 0 bridgehead atoms. The minimum Gasteiger partial charge on any atom is -0.464 e. The molecule has 110 valence electrons. The molecule has 0 saturated heterocycles. The summed E-state index contributed by atoms with van der Waals surface area (Å²) in [5, 5.41) is 5.82. The minimum absolute atomic E-state index is 0.0175. The van der Waals surface area contributed by atoms with Crippen molar-refractivity contribution in [1.82, 2.24) is 10.3 Å². The molecule has 0 aliphatic carbocycles. The Balaban J connectivity index is 2.79. The van der Waals surface area contributed by atoms with Crippen LogP contribution in [0.2, 0.25) is 0 Å². The molecule has 0 spiro atoms. The second-order valence-electron chi connectivity index (χ2n) is 4.32. The molecule has 0 fully saturated rings. The third-order valence-electron chi connectivity index (χ3n) is 2.18. The third kappa shape index (κ3) is 4.30. The Hall–Kier alpha value is -1.96. The Morgan fingerprint density at radius 2 is 2.00 bits per heavy atom. The minimum atomic E-state index is -0.675. The van der Waals surface area contributed by atoms with Gasteiger partial charge in [-0.05, 0) is 13.8 Å². The monoisotopic (exact) mass is 299 g/mol. The van der Waals surface area contributed by atoms with Crippen LogP contribution in [0.3, 0.4) is 0 Å². The lowest BCUT2D eigenvalue weighted by Crippen LogP contribution is -2.34. The summed E-state index contributed by atoms with van der Waals surface area (Å²) < 4.78 is 4.56. The van der Waals surface area contributed by atoms with Gasteiger partial charge in [-0.25, -0.2) is 9.78 Å². The number of esters is 1. The molecule has 20 heavy (non-hydrogen) atoms. The van der Waals surface area contributed by atoms with Crippen LogP contribution in [0.25, 0.3) is 0 Å². The van der Waals surface area contributed by atoms with Crippen LogP contribution >= 0.6 is 11.3 Å². The zero-order valence-corrected chi connectivity index (χ0v) is 12.6. The van der Waals surface area contributed by atoms with Crippen molar-refractivity contribution in [3.8, 4) is 0 Å². The van der Waals surface area contributed by atoms with Crippen LogP contribution in [0.4, 0.5) is 5.13 Å². The molecule has 1 aromatic heterocycles. The first-order valence-electron chi connectivity index (χ1n) is 5.98. The molecular formula is C12H17N3O4S. The molecule has 8 heteroatoms. The van der Waals surface area contributed by atoms with Gasteiger partial charge < -0.3 is 15.4 Å². The van der Waals surface area contributed by atoms with E-state index in [2.05, 4.69) is 20.4 Å². The molecule has 0 aromatic carbocycles. The Morgan fingerprint density at radius 3 is 2.50 bits per heavy atom. The first-order valence-corrected chi connectivity index (χ1v) is 6.80. The van der Waals surface area contributed by atoms with Gasteiger partial charge in [0, 0.05) is 13.0 Å². The lowest BCUT2D eigenvalue weighted by Gasteiger charge is -2.08. The number of nitrogens with one attached hydrogen (secondary N) is 2. The molecule has 1 rings (SSSR count). The van der Waals surface area contributed by atoms with Gasteiger partial charge in [0.25, 0.3) is 0 Å². The van der Waals surface area contributed by atoms with Gasteiger partial charge in [-0.15, -0.1) is 0 Å². The number of rotatable bonds is 6. The molecule has 0 unspecified atom stereocenters. The van der Waals surface area contributed by atoms with E-state index in [0.29, 0.717) is 5.13 Å². The average Bonchev–Trinajstić information content (AvgIpc) is 2.79. The number of anilines is 1. The van der Waals surface area contributed by atoms with Crippen LogP contribution in [0.1, 0.15) is 40.9 Å². The Labute approximate surface area is 120 Å². The molecule has 0 aliphatic rings. The van der Waals surface area contributed by atoms with Gasteiger partial charge in [0.05, 0.1) is 13.7 Å². The fraction of sp³-hybridized carbons (Fsp3) is 0.500. The molecule has 2 N–H and O–H groups in total. The largest absolute Gasteiger partial charge is 0.464 e. The fourth-order valence-corrected chi connectivity index (χ4v) is 2.24. The SMILES string of the molecule is COC(=O)c1nc(NCC(=O)NC(C)C)sc1C(C)=O. The van der Waals surface area contributed by atoms with E-state index in [1.807, 2.05) is 13.8 Å². The van der Waals surface area contributed by atoms with Gasteiger partial charge in [0.2, 0.25) is 5.91 Å². The maximum atomic E-state index is 11.5. The Morgan fingerprint density at radius 1 is 1.35 bits per heavy atom. The smallest absolute Gasteiger partial charge is 0.358 e. The summed E-state index contributed by atoms with van der Waals surface area (Å²) in [4.78, 5) is 38.6. The normalized spacial score (nSPS) is 10.2. The molecule has 0 radical (unpaired) electrons. The quantitative estimate of drug-likeness (QED) is 0.602. The van der Waals surface area contributed by atoms with E-state index < -0.39 is 5.97 Å². The van der Waals surface area contributed by atoms with Crippen molar-refractivity contribution in [3.05, 3.63) is 10.6 Å². The summed E-state index contributed by atoms with van der Waals surface area (Å²) in [6, 6.07) is 0.0407. The molecule has 1 heterocycles. The number of hydrogen-bond acceptors (Lipinski definition) is 7. The Kier molecular flexibility index (Phi) is 5.63. The lowest BCUT2D eigenvalue weighted by atomic mass is 10.3. The van der Waals surface area contributed by atoms with E-state index in [-0.39, 0.29) is 34.8 Å². The molecule has 1 aromatic rings. The second kappa shape index (κ2) is 6.99. The number of methoxy groups -OCH3 is 1. The highest BCUT2D eigenvalue weighted by Crippen LogP contribution is 2.24. The third-order valence-corrected chi connectivity index (χ3v) is 3.29. The number of ether oxygens (including phenoxy) is 1. The van der Waals surface area contributed by atoms with Gasteiger partial charge in [-0.3, -0.25) is 9.59 Å². The molecule has 1 amide bonds. The zero-order chi connectivity index (χ0) is 15.3. The number of Topliss-reactive ketones (excluding diaryl/α,β-unsaturated/α-hetero) is 1. The van der Waals surface area contributed by atoms with Crippen LogP contribution in [-0.2, 0) is 9.53 Å². The van der Waals surface area contributed by atoms with Gasteiger partial charge in [-0.2, -0.15) is 0 Å². The zero-order valence-electron chi connectivity index (χ0n) is 11.8. The molecule has 0 aliphatic heterocycles. The van der Waals surface area contributed by atoms with E-state index in [1.54, 1.807) is 0 Å². The predicted molar refractivity (Wildman–Crippen MR) is 75.2 cm³/mol. The van der Waals surface area contributed by atoms with E-state index in [9.17, 15) is 14.4 Å². The van der Waals surface area contributed by atoms with E-state index in [0.717, 1.165) is 11.3 Å². The van der Waals surface area contributed by atoms with Crippen molar-refractivity contribution in [3.63, 3.8) is 0 Å². The number of ketones is 1. The summed E-state index contributed by atoms with van der Waals surface area (Å²) in [6.07, 6.45) is 0. The summed E-state index contributed by atoms with van der Waals surface area (Å²) >= 11 is 1.02. The van der Waals surface area contributed by atoms with Crippen LogP contribution in [-0.4, -0.2) is 42.3 Å². The number of carbonyl (C=O) groups excluding carboxylic acids is 3. The highest BCUT2D eigenvalue weighted by molar-refractivity contribution is 7.17. The molecule has 0 atom stereocenters. The first kappa shape index (κ1) is 16.1. The van der Waals surface area contributed by atoms with Gasteiger partial charge in [-0.1, -0.05) is 11.3 Å². The maximum Gasteiger partial charge on any atom is 0.358 e. The van der Waals surface area contributed by atoms with E-state index in [4.69, 9.17) is 0 Å². The van der Waals surface area contributed by atoms with Crippen LogP contribution < -0.4 is 10.6 Å². The van der Waals surface area contributed by atoms with Crippen LogP contribution in [0, 0.1) is 0 Å². The maximum absolute atomic E-state index is 11.5. The standard InChI is InChI=1S/C12H17N3O4S/c1-6(2)14-8(17)5-13-12-15-9(11(18)19-4)10(20-12)7(3)16/h6H,5H2,1-4H3,(H,13,15)(H,14,17). The van der Waals surface area contributed by atoms with Crippen molar-refractivity contribution in [2.45, 2.75) is 26.8 Å². The van der Waals surface area contributed by atoms with Crippen molar-refractivity contribution in [2.75, 3.05) is 19.0 Å². The second-order valence-corrected chi connectivity index (χ2v) is 5.32. The lowest BCUT2D eigenvalue weighted by molar-refractivity contribution is -0.119. The summed E-state index contributed by atoms with van der Waals surface area (Å²) in [5.74, 6) is -1.15. The number of hydrogen-bond donors (Lipinski definition) is 2. The van der Waals surface area contributed by atoms with Gasteiger partial charge in [0.15, 0.2) is 16.6 Å². The highest BCUT2D eigenvalue weighted by Gasteiger charge is 2.21. The van der Waals surface area contributed by atoms with Crippen molar-refractivity contribution >= 4 is 34.1 Å². The van der Waals surface area contributed by atoms with Crippen LogP contribution in [0.15, 0.2) is 0 Å². The molecular weight excluding hydrogens is 282 g/mol. The van der Waals surface area contributed by atoms with Gasteiger partial charge in [0.1, 0.15) is 4.88 Å². The summed E-state index contributed by atoms with van der Waals surface area (Å²) in [5.41, 5.74) is -0.0308. The summed E-state index contributed by atoms with van der Waals surface area (Å²) in [7, 11) is 1.22. The van der Waals surface area contributed by atoms with Crippen LogP contribution in [0.5, 0.6) is 0 Å². The highest BCUT2D eigenvalue weighted by atomic mass is 32.1. The van der Waals surface area contributed by atoms with Gasteiger partial charge >= 0.3 is 5.97 Å². The number of amides is 1. The van der Waals surface area contributed by atoms with Crippen molar-refractivity contribution < 1.29 is 19.1 Å². The average molecular weight is 299 g/mol.